The summed E-state index contributed by atoms with van der Waals surface area (Å²) in [5.41, 5.74) is 1.82. The zero-order valence-corrected chi connectivity index (χ0v) is 14.2. The molecule has 1 aromatic carbocycles. The number of benzene rings is 1. The van der Waals surface area contributed by atoms with Crippen molar-refractivity contribution in [3.8, 4) is 11.5 Å². The molecule has 24 heavy (non-hydrogen) atoms. The SMILES string of the molecule is CCOc1ccc(C(C)NC(=O)C=Cc2cccnc2)cc1OC. The Kier molecular flexibility index (Phi) is 6.37. The fourth-order valence-electron chi connectivity index (χ4n) is 2.22. The highest BCUT2D eigenvalue weighted by Gasteiger charge is 2.11. The topological polar surface area (TPSA) is 60.5 Å². The number of amides is 1. The number of hydrogen-bond donors (Lipinski definition) is 1. The Morgan fingerprint density at radius 2 is 2.17 bits per heavy atom. The molecule has 5 nitrogen and oxygen atoms in total. The lowest BCUT2D eigenvalue weighted by Crippen LogP contribution is -2.24. The normalized spacial score (nSPS) is 12.0. The highest BCUT2D eigenvalue weighted by atomic mass is 16.5. The lowest BCUT2D eigenvalue weighted by atomic mass is 10.1. The number of nitrogens with one attached hydrogen (secondary N) is 1. The van der Waals surface area contributed by atoms with E-state index in [4.69, 9.17) is 9.47 Å². The molecule has 0 saturated carbocycles. The smallest absolute Gasteiger partial charge is 0.244 e. The summed E-state index contributed by atoms with van der Waals surface area (Å²) in [6, 6.07) is 9.21. The molecular weight excluding hydrogens is 304 g/mol. The molecular formula is C19H22N2O3. The van der Waals surface area contributed by atoms with E-state index in [-0.39, 0.29) is 11.9 Å². The van der Waals surface area contributed by atoms with Gasteiger partial charge in [0.05, 0.1) is 19.8 Å². The van der Waals surface area contributed by atoms with E-state index in [1.54, 1.807) is 25.6 Å². The van der Waals surface area contributed by atoms with Crippen LogP contribution in [-0.2, 0) is 4.79 Å². The number of carbonyl (C=O) groups is 1. The first kappa shape index (κ1) is 17.5. The van der Waals surface area contributed by atoms with Gasteiger partial charge in [-0.05, 0) is 49.2 Å². The maximum absolute atomic E-state index is 12.0. The fraction of sp³-hybridized carbons (Fsp3) is 0.263. The van der Waals surface area contributed by atoms with Crippen molar-refractivity contribution in [1.82, 2.24) is 10.3 Å². The van der Waals surface area contributed by atoms with E-state index in [1.807, 2.05) is 44.2 Å². The Balaban J connectivity index is 2.02. The third-order valence-electron chi connectivity index (χ3n) is 3.46. The first-order valence-electron chi connectivity index (χ1n) is 7.83. The van der Waals surface area contributed by atoms with Gasteiger partial charge in [-0.25, -0.2) is 0 Å². The van der Waals surface area contributed by atoms with Gasteiger partial charge in [0.1, 0.15) is 0 Å². The molecule has 1 atom stereocenters. The number of aromatic nitrogens is 1. The molecule has 5 heteroatoms. The zero-order chi connectivity index (χ0) is 17.4. The van der Waals surface area contributed by atoms with Crippen LogP contribution in [0.15, 0.2) is 48.8 Å². The predicted molar refractivity (Wildman–Crippen MR) is 94.0 cm³/mol. The Hall–Kier alpha value is -2.82. The average molecular weight is 326 g/mol. The maximum Gasteiger partial charge on any atom is 0.244 e. The summed E-state index contributed by atoms with van der Waals surface area (Å²) < 4.78 is 10.8. The van der Waals surface area contributed by atoms with Crippen molar-refractivity contribution in [2.75, 3.05) is 13.7 Å². The Morgan fingerprint density at radius 1 is 1.33 bits per heavy atom. The third-order valence-corrected chi connectivity index (χ3v) is 3.46. The van der Waals surface area contributed by atoms with Crippen LogP contribution in [0.4, 0.5) is 0 Å². The molecule has 0 bridgehead atoms. The van der Waals surface area contributed by atoms with Crippen LogP contribution in [0.25, 0.3) is 6.08 Å². The molecule has 0 saturated heterocycles. The van der Waals surface area contributed by atoms with Gasteiger partial charge in [-0.2, -0.15) is 0 Å². The van der Waals surface area contributed by atoms with E-state index in [9.17, 15) is 4.79 Å². The molecule has 0 aliphatic rings. The number of ether oxygens (including phenoxy) is 2. The van der Waals surface area contributed by atoms with Crippen LogP contribution in [0.3, 0.4) is 0 Å². The van der Waals surface area contributed by atoms with Gasteiger partial charge in [0, 0.05) is 18.5 Å². The number of rotatable bonds is 7. The zero-order valence-electron chi connectivity index (χ0n) is 14.2. The Bertz CT molecular complexity index is 699. The average Bonchev–Trinajstić information content (AvgIpc) is 2.61. The highest BCUT2D eigenvalue weighted by molar-refractivity contribution is 5.91. The summed E-state index contributed by atoms with van der Waals surface area (Å²) in [5.74, 6) is 1.18. The number of carbonyl (C=O) groups excluding carboxylic acids is 1. The van der Waals surface area contributed by atoms with Crippen molar-refractivity contribution < 1.29 is 14.3 Å². The molecule has 0 fully saturated rings. The van der Waals surface area contributed by atoms with Gasteiger partial charge in [0.15, 0.2) is 11.5 Å². The van der Waals surface area contributed by atoms with Gasteiger partial charge in [-0.15, -0.1) is 0 Å². The van der Waals surface area contributed by atoms with Crippen LogP contribution in [0.5, 0.6) is 11.5 Å². The summed E-state index contributed by atoms with van der Waals surface area (Å²) in [4.78, 5) is 16.1. The molecule has 1 heterocycles. The standard InChI is InChI=1S/C19H22N2O3/c1-4-24-17-9-8-16(12-18(17)23-3)14(2)21-19(22)10-7-15-6-5-11-20-13-15/h5-14H,4H2,1-3H3,(H,21,22). The quantitative estimate of drug-likeness (QED) is 0.792. The predicted octanol–water partition coefficient (Wildman–Crippen LogP) is 3.38. The van der Waals surface area contributed by atoms with Crippen molar-refractivity contribution in [3.63, 3.8) is 0 Å². The lowest BCUT2D eigenvalue weighted by Gasteiger charge is -2.16. The Labute approximate surface area is 142 Å². The second-order valence-corrected chi connectivity index (χ2v) is 5.19. The van der Waals surface area contributed by atoms with E-state index < -0.39 is 0 Å². The Morgan fingerprint density at radius 3 is 2.83 bits per heavy atom. The van der Waals surface area contributed by atoms with Crippen molar-refractivity contribution in [1.29, 1.82) is 0 Å². The van der Waals surface area contributed by atoms with E-state index in [1.165, 1.54) is 6.08 Å². The van der Waals surface area contributed by atoms with Crippen LogP contribution < -0.4 is 14.8 Å². The number of nitrogens with zero attached hydrogens (tertiary/aromatic N) is 1. The van der Waals surface area contributed by atoms with Crippen LogP contribution >= 0.6 is 0 Å². The molecule has 0 spiro atoms. The van der Waals surface area contributed by atoms with E-state index in [2.05, 4.69) is 10.3 Å². The molecule has 1 aromatic heterocycles. The van der Waals surface area contributed by atoms with Gasteiger partial charge in [-0.1, -0.05) is 12.1 Å². The van der Waals surface area contributed by atoms with Crippen molar-refractivity contribution in [3.05, 3.63) is 59.9 Å². The van der Waals surface area contributed by atoms with Gasteiger partial charge in [0.2, 0.25) is 5.91 Å². The van der Waals surface area contributed by atoms with Crippen LogP contribution in [0.2, 0.25) is 0 Å². The van der Waals surface area contributed by atoms with Gasteiger partial charge in [-0.3, -0.25) is 9.78 Å². The maximum atomic E-state index is 12.0. The highest BCUT2D eigenvalue weighted by Crippen LogP contribution is 2.30. The van der Waals surface area contributed by atoms with Crippen LogP contribution in [0, 0.1) is 0 Å². The van der Waals surface area contributed by atoms with Gasteiger partial charge < -0.3 is 14.8 Å². The first-order valence-corrected chi connectivity index (χ1v) is 7.83. The summed E-state index contributed by atoms with van der Waals surface area (Å²) >= 11 is 0. The van der Waals surface area contributed by atoms with E-state index in [0.717, 1.165) is 11.1 Å². The molecule has 0 aliphatic carbocycles. The summed E-state index contributed by atoms with van der Waals surface area (Å²) in [6.07, 6.45) is 6.62. The van der Waals surface area contributed by atoms with E-state index >= 15 is 0 Å². The third kappa shape index (κ3) is 4.84. The van der Waals surface area contributed by atoms with Crippen molar-refractivity contribution >= 4 is 12.0 Å². The monoisotopic (exact) mass is 326 g/mol. The lowest BCUT2D eigenvalue weighted by molar-refractivity contribution is -0.117. The largest absolute Gasteiger partial charge is 0.493 e. The van der Waals surface area contributed by atoms with Crippen molar-refractivity contribution in [2.45, 2.75) is 19.9 Å². The van der Waals surface area contributed by atoms with Gasteiger partial charge >= 0.3 is 0 Å². The molecule has 0 aliphatic heterocycles. The van der Waals surface area contributed by atoms with E-state index in [0.29, 0.717) is 18.1 Å². The molecule has 0 radical (unpaired) electrons. The minimum absolute atomic E-state index is 0.152. The van der Waals surface area contributed by atoms with Crippen LogP contribution in [-0.4, -0.2) is 24.6 Å². The van der Waals surface area contributed by atoms with Crippen molar-refractivity contribution in [2.24, 2.45) is 0 Å². The second-order valence-electron chi connectivity index (χ2n) is 5.19. The molecule has 126 valence electrons. The molecule has 2 aromatic rings. The number of pyridine rings is 1. The summed E-state index contributed by atoms with van der Waals surface area (Å²) in [7, 11) is 1.60. The van der Waals surface area contributed by atoms with Crippen LogP contribution in [0.1, 0.15) is 31.0 Å². The fourth-order valence-corrected chi connectivity index (χ4v) is 2.22. The first-order chi connectivity index (χ1) is 11.6. The minimum atomic E-state index is -0.167. The summed E-state index contributed by atoms with van der Waals surface area (Å²) in [6.45, 7) is 4.41. The molecule has 1 unspecified atom stereocenters. The number of methoxy groups -OCH3 is 1. The molecule has 2 rings (SSSR count). The van der Waals surface area contributed by atoms with Gasteiger partial charge in [0.25, 0.3) is 0 Å². The molecule has 1 amide bonds. The second kappa shape index (κ2) is 8.72. The number of hydrogen-bond acceptors (Lipinski definition) is 4. The summed E-state index contributed by atoms with van der Waals surface area (Å²) in [5, 5.41) is 2.93. The molecule has 1 N–H and O–H groups in total. The minimum Gasteiger partial charge on any atom is -0.493 e.